The van der Waals surface area contributed by atoms with E-state index in [2.05, 4.69) is 12.1 Å². The lowest BCUT2D eigenvalue weighted by atomic mass is 9.70. The van der Waals surface area contributed by atoms with Crippen LogP contribution in [0.15, 0.2) is 42.5 Å². The Hall–Kier alpha value is -1.06. The normalized spacial score (nSPS) is 19.5. The van der Waals surface area contributed by atoms with Crippen molar-refractivity contribution in [3.05, 3.63) is 69.2 Å². The van der Waals surface area contributed by atoms with Crippen molar-refractivity contribution in [2.24, 2.45) is 5.73 Å². The van der Waals surface area contributed by atoms with Crippen molar-refractivity contribution >= 4 is 23.2 Å². The van der Waals surface area contributed by atoms with Gasteiger partial charge in [0.2, 0.25) is 0 Å². The zero-order chi connectivity index (χ0) is 15.0. The Kier molecular flexibility index (Phi) is 4.23. The third-order valence-electron chi connectivity index (χ3n) is 4.34. The minimum absolute atomic E-state index is 0.0992. The van der Waals surface area contributed by atoms with Gasteiger partial charge in [0.1, 0.15) is 0 Å². The number of aliphatic hydroxyl groups excluding tert-OH is 1. The van der Waals surface area contributed by atoms with Crippen LogP contribution in [0.5, 0.6) is 0 Å². The van der Waals surface area contributed by atoms with Crippen LogP contribution in [0.3, 0.4) is 0 Å². The van der Waals surface area contributed by atoms with Gasteiger partial charge in [0.25, 0.3) is 0 Å². The first-order valence-corrected chi connectivity index (χ1v) is 7.79. The highest BCUT2D eigenvalue weighted by molar-refractivity contribution is 6.36. The summed E-state index contributed by atoms with van der Waals surface area (Å²) in [5, 5.41) is 11.9. The van der Waals surface area contributed by atoms with Gasteiger partial charge in [0, 0.05) is 28.4 Å². The fourth-order valence-corrected chi connectivity index (χ4v) is 3.85. The molecule has 0 fully saturated rings. The van der Waals surface area contributed by atoms with Crippen LogP contribution in [-0.2, 0) is 6.42 Å². The van der Waals surface area contributed by atoms with Gasteiger partial charge in [-0.05, 0) is 35.2 Å². The van der Waals surface area contributed by atoms with Crippen LogP contribution < -0.4 is 5.73 Å². The largest absolute Gasteiger partial charge is 0.392 e. The second kappa shape index (κ2) is 5.98. The Bertz CT molecular complexity index is 639. The minimum Gasteiger partial charge on any atom is -0.392 e. The van der Waals surface area contributed by atoms with Gasteiger partial charge in [-0.25, -0.2) is 0 Å². The lowest BCUT2D eigenvalue weighted by molar-refractivity contribution is 0.106. The number of nitrogens with two attached hydrogens (primary N) is 1. The molecule has 2 aromatic rings. The first-order chi connectivity index (χ1) is 10.1. The lowest BCUT2D eigenvalue weighted by Gasteiger charge is -2.38. The van der Waals surface area contributed by atoms with E-state index in [1.54, 1.807) is 18.2 Å². The molecule has 3 rings (SSSR count). The van der Waals surface area contributed by atoms with Gasteiger partial charge >= 0.3 is 0 Å². The molecule has 0 spiro atoms. The molecular weight excluding hydrogens is 305 g/mol. The Morgan fingerprint density at radius 2 is 1.76 bits per heavy atom. The van der Waals surface area contributed by atoms with Crippen LogP contribution in [0, 0.1) is 0 Å². The van der Waals surface area contributed by atoms with E-state index in [9.17, 15) is 5.11 Å². The summed E-state index contributed by atoms with van der Waals surface area (Å²) in [4.78, 5) is 0. The van der Waals surface area contributed by atoms with Gasteiger partial charge in [-0.15, -0.1) is 0 Å². The second-order valence-corrected chi connectivity index (χ2v) is 6.29. The molecule has 0 saturated carbocycles. The molecule has 0 aromatic heterocycles. The lowest BCUT2D eigenvalue weighted by Crippen LogP contribution is -2.37. The fourth-order valence-electron chi connectivity index (χ4n) is 3.18. The number of hydrogen-bond donors (Lipinski definition) is 2. The summed E-state index contributed by atoms with van der Waals surface area (Å²) < 4.78 is 0. The summed E-state index contributed by atoms with van der Waals surface area (Å²) in [5.41, 5.74) is 9.15. The van der Waals surface area contributed by atoms with Gasteiger partial charge in [-0.2, -0.15) is 0 Å². The van der Waals surface area contributed by atoms with E-state index in [4.69, 9.17) is 28.9 Å². The van der Waals surface area contributed by atoms with Gasteiger partial charge in [0.15, 0.2) is 0 Å². The van der Waals surface area contributed by atoms with Crippen molar-refractivity contribution in [2.45, 2.75) is 24.4 Å². The molecule has 3 unspecified atom stereocenters. The van der Waals surface area contributed by atoms with E-state index in [1.807, 2.05) is 12.1 Å². The Morgan fingerprint density at radius 3 is 2.38 bits per heavy atom. The maximum absolute atomic E-state index is 10.8. The Labute approximate surface area is 134 Å². The molecule has 21 heavy (non-hydrogen) atoms. The van der Waals surface area contributed by atoms with Crippen molar-refractivity contribution in [3.63, 3.8) is 0 Å². The maximum Gasteiger partial charge on any atom is 0.0693 e. The van der Waals surface area contributed by atoms with Gasteiger partial charge in [-0.3, -0.25) is 0 Å². The van der Waals surface area contributed by atoms with Crippen molar-refractivity contribution in [2.75, 3.05) is 6.54 Å². The SMILES string of the molecule is NCC(c1c(Cl)cccc1Cl)C(O)C1Cc2ccccc21. The number of hydrogen-bond acceptors (Lipinski definition) is 2. The first-order valence-electron chi connectivity index (χ1n) is 7.03. The topological polar surface area (TPSA) is 46.2 Å². The summed E-state index contributed by atoms with van der Waals surface area (Å²) in [6, 6.07) is 13.5. The molecule has 0 aliphatic heterocycles. The van der Waals surface area contributed by atoms with Gasteiger partial charge < -0.3 is 10.8 Å². The fraction of sp³-hybridized carbons (Fsp3) is 0.294. The molecule has 3 N–H and O–H groups in total. The summed E-state index contributed by atoms with van der Waals surface area (Å²) >= 11 is 12.5. The summed E-state index contributed by atoms with van der Waals surface area (Å²) in [7, 11) is 0. The Morgan fingerprint density at radius 1 is 1.10 bits per heavy atom. The molecular formula is C17H17Cl2NO. The van der Waals surface area contributed by atoms with Crippen molar-refractivity contribution in [3.8, 4) is 0 Å². The van der Waals surface area contributed by atoms with Crippen LogP contribution in [0.4, 0.5) is 0 Å². The Balaban J connectivity index is 1.91. The van der Waals surface area contributed by atoms with Crippen molar-refractivity contribution in [1.29, 1.82) is 0 Å². The molecule has 4 heteroatoms. The van der Waals surface area contributed by atoms with Crippen LogP contribution in [0.25, 0.3) is 0 Å². The molecule has 1 aliphatic carbocycles. The third-order valence-corrected chi connectivity index (χ3v) is 5.00. The first kappa shape index (κ1) is 14.9. The molecule has 0 bridgehead atoms. The molecule has 110 valence electrons. The highest BCUT2D eigenvalue weighted by atomic mass is 35.5. The molecule has 0 radical (unpaired) electrons. The van der Waals surface area contributed by atoms with E-state index < -0.39 is 6.10 Å². The minimum atomic E-state index is -0.581. The average Bonchev–Trinajstić information content (AvgIpc) is 2.44. The quantitative estimate of drug-likeness (QED) is 0.901. The highest BCUT2D eigenvalue weighted by Crippen LogP contribution is 2.43. The van der Waals surface area contributed by atoms with Crippen LogP contribution in [0.2, 0.25) is 10.0 Å². The molecule has 0 heterocycles. The van der Waals surface area contributed by atoms with E-state index >= 15 is 0 Å². The average molecular weight is 322 g/mol. The van der Waals surface area contributed by atoms with Crippen molar-refractivity contribution in [1.82, 2.24) is 0 Å². The second-order valence-electron chi connectivity index (χ2n) is 5.48. The molecule has 1 aliphatic rings. The molecule has 0 saturated heterocycles. The zero-order valence-corrected chi connectivity index (χ0v) is 13.0. The van der Waals surface area contributed by atoms with E-state index in [0.29, 0.717) is 16.6 Å². The molecule has 0 amide bonds. The monoisotopic (exact) mass is 321 g/mol. The van der Waals surface area contributed by atoms with E-state index in [-0.39, 0.29) is 11.8 Å². The number of rotatable bonds is 4. The van der Waals surface area contributed by atoms with Gasteiger partial charge in [-0.1, -0.05) is 53.5 Å². The number of aliphatic hydroxyl groups is 1. The maximum atomic E-state index is 10.8. The van der Waals surface area contributed by atoms with Crippen molar-refractivity contribution < 1.29 is 5.11 Å². The van der Waals surface area contributed by atoms with E-state index in [1.165, 1.54) is 11.1 Å². The van der Waals surface area contributed by atoms with Crippen LogP contribution >= 0.6 is 23.2 Å². The summed E-state index contributed by atoms with van der Waals surface area (Å²) in [6.45, 7) is 0.309. The predicted octanol–water partition coefficient (Wildman–Crippen LogP) is 3.74. The smallest absolute Gasteiger partial charge is 0.0693 e. The van der Waals surface area contributed by atoms with Crippen LogP contribution in [-0.4, -0.2) is 17.8 Å². The summed E-state index contributed by atoms with van der Waals surface area (Å²) in [5.74, 6) is -0.161. The highest BCUT2D eigenvalue weighted by Gasteiger charge is 2.37. The number of halogens is 2. The number of benzene rings is 2. The zero-order valence-electron chi connectivity index (χ0n) is 11.5. The standard InChI is InChI=1S/C17H17Cl2NO/c18-14-6-3-7-15(19)16(14)13(9-20)17(21)12-8-10-4-1-2-5-11(10)12/h1-7,12-13,17,21H,8-9,20H2. The predicted molar refractivity (Wildman–Crippen MR) is 87.2 cm³/mol. The molecule has 2 nitrogen and oxygen atoms in total. The molecule has 2 aromatic carbocycles. The van der Waals surface area contributed by atoms with E-state index in [0.717, 1.165) is 12.0 Å². The molecule has 3 atom stereocenters. The summed E-state index contributed by atoms with van der Waals surface area (Å²) in [6.07, 6.45) is 0.290. The van der Waals surface area contributed by atoms with Crippen LogP contribution in [0.1, 0.15) is 28.5 Å². The van der Waals surface area contributed by atoms with Gasteiger partial charge in [0.05, 0.1) is 6.10 Å². The number of fused-ring (bicyclic) bond motifs is 1. The third kappa shape index (κ3) is 2.58.